The highest BCUT2D eigenvalue weighted by Gasteiger charge is 2.31. The molecule has 1 amide bonds. The quantitative estimate of drug-likeness (QED) is 0.895. The Kier molecular flexibility index (Phi) is 4.29. The predicted molar refractivity (Wildman–Crippen MR) is 83.6 cm³/mol. The number of amides is 1. The number of aliphatic hydroxyl groups excluding tert-OH is 1. The molecule has 2 aliphatic rings. The first-order chi connectivity index (χ1) is 10.5. The number of rotatable bonds is 2. The van der Waals surface area contributed by atoms with Crippen LogP contribution in [-0.4, -0.2) is 51.6 Å². The Bertz CT molecular complexity index is 555. The number of hydrogen-bond acceptors (Lipinski definition) is 5. The van der Waals surface area contributed by atoms with Gasteiger partial charge in [0.1, 0.15) is 5.82 Å². The molecule has 3 rings (SSSR count). The van der Waals surface area contributed by atoms with Gasteiger partial charge in [-0.25, -0.2) is 9.97 Å². The van der Waals surface area contributed by atoms with Crippen LogP contribution in [0.25, 0.3) is 0 Å². The summed E-state index contributed by atoms with van der Waals surface area (Å²) in [6.07, 6.45) is 3.30. The van der Waals surface area contributed by atoms with Crippen molar-refractivity contribution in [2.75, 3.05) is 24.5 Å². The van der Waals surface area contributed by atoms with Crippen molar-refractivity contribution >= 4 is 11.7 Å². The summed E-state index contributed by atoms with van der Waals surface area (Å²) in [6.45, 7) is 6.01. The number of nitrogens with zero attached hydrogens (tertiary/aromatic N) is 4. The van der Waals surface area contributed by atoms with Crippen LogP contribution in [0.2, 0.25) is 0 Å². The molecule has 3 heterocycles. The highest BCUT2D eigenvalue weighted by molar-refractivity contribution is 5.74. The van der Waals surface area contributed by atoms with Gasteiger partial charge in [0, 0.05) is 38.3 Å². The number of carbonyl (C=O) groups excluding carboxylic acids is 1. The van der Waals surface area contributed by atoms with Crippen molar-refractivity contribution in [2.24, 2.45) is 0 Å². The maximum atomic E-state index is 11.8. The Labute approximate surface area is 131 Å². The summed E-state index contributed by atoms with van der Waals surface area (Å²) in [6, 6.07) is 2.00. The van der Waals surface area contributed by atoms with Gasteiger partial charge >= 0.3 is 0 Å². The van der Waals surface area contributed by atoms with Crippen LogP contribution >= 0.6 is 0 Å². The minimum absolute atomic E-state index is 0.00605. The maximum Gasteiger partial charge on any atom is 0.220 e. The molecule has 0 bridgehead atoms. The highest BCUT2D eigenvalue weighted by atomic mass is 16.3. The van der Waals surface area contributed by atoms with E-state index < -0.39 is 0 Å². The second-order valence-corrected chi connectivity index (χ2v) is 6.31. The molecule has 6 nitrogen and oxygen atoms in total. The van der Waals surface area contributed by atoms with E-state index in [-0.39, 0.29) is 18.1 Å². The van der Waals surface area contributed by atoms with Crippen LogP contribution in [0, 0.1) is 6.92 Å². The minimum Gasteiger partial charge on any atom is -0.393 e. The number of aryl methyl sites for hydroxylation is 1. The van der Waals surface area contributed by atoms with Crippen molar-refractivity contribution in [3.05, 3.63) is 17.6 Å². The van der Waals surface area contributed by atoms with Crippen molar-refractivity contribution < 1.29 is 9.90 Å². The molecule has 120 valence electrons. The van der Waals surface area contributed by atoms with Crippen molar-refractivity contribution in [1.82, 2.24) is 14.9 Å². The summed E-state index contributed by atoms with van der Waals surface area (Å²) < 4.78 is 0. The molecule has 0 spiro atoms. The van der Waals surface area contributed by atoms with Crippen LogP contribution in [0.1, 0.15) is 50.2 Å². The van der Waals surface area contributed by atoms with E-state index in [2.05, 4.69) is 9.88 Å². The van der Waals surface area contributed by atoms with Crippen LogP contribution in [0.15, 0.2) is 6.07 Å². The zero-order valence-corrected chi connectivity index (χ0v) is 13.3. The summed E-state index contributed by atoms with van der Waals surface area (Å²) in [7, 11) is 0. The Balaban J connectivity index is 1.85. The number of aliphatic hydroxyl groups is 1. The molecule has 0 unspecified atom stereocenters. The Morgan fingerprint density at radius 2 is 1.95 bits per heavy atom. The van der Waals surface area contributed by atoms with Gasteiger partial charge in [0.15, 0.2) is 5.82 Å². The molecule has 1 atom stereocenters. The summed E-state index contributed by atoms with van der Waals surface area (Å²) >= 11 is 0. The zero-order chi connectivity index (χ0) is 15.7. The van der Waals surface area contributed by atoms with Crippen molar-refractivity contribution in [2.45, 2.75) is 51.7 Å². The van der Waals surface area contributed by atoms with E-state index in [9.17, 15) is 9.90 Å². The molecule has 6 heteroatoms. The normalized spacial score (nSPS) is 23.1. The van der Waals surface area contributed by atoms with Gasteiger partial charge in [0.05, 0.1) is 12.1 Å². The number of carbonyl (C=O) groups is 1. The van der Waals surface area contributed by atoms with Gasteiger partial charge in [0.25, 0.3) is 0 Å². The van der Waals surface area contributed by atoms with Crippen LogP contribution in [0.5, 0.6) is 0 Å². The van der Waals surface area contributed by atoms with E-state index in [0.717, 1.165) is 62.7 Å². The molecule has 2 saturated heterocycles. The summed E-state index contributed by atoms with van der Waals surface area (Å²) in [5, 5.41) is 9.65. The van der Waals surface area contributed by atoms with E-state index in [4.69, 9.17) is 4.98 Å². The molecule has 2 fully saturated rings. The molecule has 1 aromatic rings. The average Bonchev–Trinajstić information content (AvgIpc) is 2.97. The molecule has 22 heavy (non-hydrogen) atoms. The molecule has 2 aliphatic heterocycles. The van der Waals surface area contributed by atoms with E-state index in [1.807, 2.05) is 17.9 Å². The van der Waals surface area contributed by atoms with Crippen LogP contribution in [0.3, 0.4) is 0 Å². The molecule has 0 saturated carbocycles. The first kappa shape index (κ1) is 15.2. The number of aromatic nitrogens is 2. The van der Waals surface area contributed by atoms with Crippen LogP contribution < -0.4 is 4.90 Å². The van der Waals surface area contributed by atoms with Gasteiger partial charge < -0.3 is 14.9 Å². The lowest BCUT2D eigenvalue weighted by Gasteiger charge is -2.31. The van der Waals surface area contributed by atoms with Gasteiger partial charge in [-0.15, -0.1) is 0 Å². The zero-order valence-electron chi connectivity index (χ0n) is 13.3. The van der Waals surface area contributed by atoms with Gasteiger partial charge in [-0.3, -0.25) is 4.79 Å². The van der Waals surface area contributed by atoms with E-state index in [1.165, 1.54) is 0 Å². The lowest BCUT2D eigenvalue weighted by Crippen LogP contribution is -2.37. The minimum atomic E-state index is -0.193. The number of anilines is 1. The molecule has 0 aliphatic carbocycles. The third-order valence-corrected chi connectivity index (χ3v) is 4.60. The summed E-state index contributed by atoms with van der Waals surface area (Å²) in [4.78, 5) is 25.2. The van der Waals surface area contributed by atoms with Crippen molar-refractivity contribution in [3.63, 3.8) is 0 Å². The molecule has 0 aromatic carbocycles. The molecule has 0 radical (unpaired) electrons. The van der Waals surface area contributed by atoms with Gasteiger partial charge in [-0.1, -0.05) is 0 Å². The summed E-state index contributed by atoms with van der Waals surface area (Å²) in [5.74, 6) is 1.77. The largest absolute Gasteiger partial charge is 0.393 e. The topological polar surface area (TPSA) is 69.6 Å². The van der Waals surface area contributed by atoms with E-state index >= 15 is 0 Å². The van der Waals surface area contributed by atoms with Crippen molar-refractivity contribution in [3.8, 4) is 0 Å². The first-order valence-corrected chi connectivity index (χ1v) is 8.10. The average molecular weight is 304 g/mol. The van der Waals surface area contributed by atoms with Gasteiger partial charge in [-0.05, 0) is 32.6 Å². The van der Waals surface area contributed by atoms with Gasteiger partial charge in [0.2, 0.25) is 5.91 Å². The fraction of sp³-hybridized carbons (Fsp3) is 0.688. The Hall–Kier alpha value is -1.69. The third-order valence-electron chi connectivity index (χ3n) is 4.60. The Morgan fingerprint density at radius 1 is 1.23 bits per heavy atom. The molecular formula is C16H24N4O2. The van der Waals surface area contributed by atoms with Crippen molar-refractivity contribution in [1.29, 1.82) is 0 Å². The molecule has 1 aromatic heterocycles. The Morgan fingerprint density at radius 3 is 2.64 bits per heavy atom. The number of hydrogen-bond donors (Lipinski definition) is 1. The fourth-order valence-corrected chi connectivity index (χ4v) is 3.39. The first-order valence-electron chi connectivity index (χ1n) is 8.10. The molecule has 1 N–H and O–H groups in total. The third kappa shape index (κ3) is 3.06. The summed E-state index contributed by atoms with van der Waals surface area (Å²) in [5.41, 5.74) is 0.932. The smallest absolute Gasteiger partial charge is 0.220 e. The second kappa shape index (κ2) is 6.20. The number of piperidine rings is 1. The monoisotopic (exact) mass is 304 g/mol. The van der Waals surface area contributed by atoms with Crippen LogP contribution in [0.4, 0.5) is 5.82 Å². The second-order valence-electron chi connectivity index (χ2n) is 6.31. The van der Waals surface area contributed by atoms with E-state index in [1.54, 1.807) is 6.92 Å². The predicted octanol–water partition coefficient (Wildman–Crippen LogP) is 1.43. The van der Waals surface area contributed by atoms with E-state index in [0.29, 0.717) is 0 Å². The standard InChI is InChI=1S/C16H24N4O2/c1-11-10-15(19-8-5-13(22)6-9-19)18-16(17-11)14-4-3-7-20(14)12(2)21/h10,13-14,22H,3-9H2,1-2H3/t14-/m1/s1. The van der Waals surface area contributed by atoms with Crippen LogP contribution in [-0.2, 0) is 4.79 Å². The number of likely N-dealkylation sites (tertiary alicyclic amines) is 1. The lowest BCUT2D eigenvalue weighted by molar-refractivity contribution is -0.129. The molecular weight excluding hydrogens is 280 g/mol. The highest BCUT2D eigenvalue weighted by Crippen LogP contribution is 2.31. The SMILES string of the molecule is CC(=O)N1CCC[C@@H]1c1nc(C)cc(N2CCC(O)CC2)n1. The van der Waals surface area contributed by atoms with Gasteiger partial charge in [-0.2, -0.15) is 0 Å². The fourth-order valence-electron chi connectivity index (χ4n) is 3.39. The maximum absolute atomic E-state index is 11.8. The lowest BCUT2D eigenvalue weighted by atomic mass is 10.1.